The SMILES string of the molecule is CC(C)(C)C[C@@H]1N[C@@H](C(=O)NCc2ccc(C(=O)O)cc2)[C@H](c2cccc(Cl)c2F)[C@@]1(N)c1ccc(Cl)cc1F. The Morgan fingerprint density at radius 3 is 2.35 bits per heavy atom. The fourth-order valence-electron chi connectivity index (χ4n) is 5.47. The van der Waals surface area contributed by atoms with E-state index in [2.05, 4.69) is 10.6 Å². The van der Waals surface area contributed by atoms with Crippen LogP contribution in [0.2, 0.25) is 10.0 Å². The number of nitrogens with one attached hydrogen (secondary N) is 2. The first-order valence-corrected chi connectivity index (χ1v) is 13.5. The van der Waals surface area contributed by atoms with Gasteiger partial charge in [0.1, 0.15) is 11.6 Å². The summed E-state index contributed by atoms with van der Waals surface area (Å²) < 4.78 is 31.2. The van der Waals surface area contributed by atoms with E-state index < -0.39 is 47.1 Å². The summed E-state index contributed by atoms with van der Waals surface area (Å²) in [4.78, 5) is 24.9. The Balaban J connectivity index is 1.80. The van der Waals surface area contributed by atoms with E-state index in [1.165, 1.54) is 36.4 Å². The molecule has 212 valence electrons. The van der Waals surface area contributed by atoms with Gasteiger partial charge in [-0.15, -0.1) is 0 Å². The molecule has 4 rings (SSSR count). The zero-order valence-electron chi connectivity index (χ0n) is 22.3. The normalized spacial score (nSPS) is 22.8. The van der Waals surface area contributed by atoms with Gasteiger partial charge in [0.25, 0.3) is 0 Å². The molecule has 3 aromatic carbocycles. The van der Waals surface area contributed by atoms with Gasteiger partial charge < -0.3 is 21.5 Å². The summed E-state index contributed by atoms with van der Waals surface area (Å²) in [5.74, 6) is -3.99. The van der Waals surface area contributed by atoms with Gasteiger partial charge in [0.05, 0.1) is 22.2 Å². The number of carboxylic acid groups (broad SMARTS) is 1. The quantitative estimate of drug-likeness (QED) is 0.270. The van der Waals surface area contributed by atoms with Crippen molar-refractivity contribution < 1.29 is 23.5 Å². The molecule has 1 fully saturated rings. The third-order valence-corrected chi connectivity index (χ3v) is 7.81. The number of benzene rings is 3. The lowest BCUT2D eigenvalue weighted by Gasteiger charge is -2.40. The predicted molar refractivity (Wildman–Crippen MR) is 151 cm³/mol. The highest BCUT2D eigenvalue weighted by atomic mass is 35.5. The zero-order valence-corrected chi connectivity index (χ0v) is 23.8. The maximum Gasteiger partial charge on any atom is 0.335 e. The smallest absolute Gasteiger partial charge is 0.335 e. The van der Waals surface area contributed by atoms with Crippen LogP contribution in [-0.4, -0.2) is 29.1 Å². The molecule has 40 heavy (non-hydrogen) atoms. The molecule has 0 radical (unpaired) electrons. The first-order chi connectivity index (χ1) is 18.7. The molecule has 1 aliphatic rings. The van der Waals surface area contributed by atoms with Gasteiger partial charge in [0.2, 0.25) is 5.91 Å². The Hall–Kier alpha value is -3.04. The van der Waals surface area contributed by atoms with Crippen LogP contribution in [0.4, 0.5) is 8.78 Å². The highest BCUT2D eigenvalue weighted by Gasteiger charge is 2.58. The van der Waals surface area contributed by atoms with Crippen LogP contribution in [0, 0.1) is 17.0 Å². The summed E-state index contributed by atoms with van der Waals surface area (Å²) in [7, 11) is 0. The highest BCUT2D eigenvalue weighted by molar-refractivity contribution is 6.31. The third kappa shape index (κ3) is 6.00. The molecule has 0 aromatic heterocycles. The first kappa shape index (κ1) is 29.9. The molecule has 3 aromatic rings. The number of carboxylic acids is 1. The molecule has 0 aliphatic carbocycles. The molecule has 10 heteroatoms. The van der Waals surface area contributed by atoms with Crippen LogP contribution in [-0.2, 0) is 16.9 Å². The number of nitrogens with two attached hydrogens (primary N) is 1. The van der Waals surface area contributed by atoms with E-state index in [0.717, 1.165) is 6.07 Å². The molecular formula is C30H31Cl2F2N3O3. The lowest BCUT2D eigenvalue weighted by molar-refractivity contribution is -0.123. The third-order valence-electron chi connectivity index (χ3n) is 7.29. The number of aromatic carboxylic acids is 1. The fraction of sp³-hybridized carbons (Fsp3) is 0.333. The minimum Gasteiger partial charge on any atom is -0.478 e. The Kier molecular flexibility index (Phi) is 8.57. The summed E-state index contributed by atoms with van der Waals surface area (Å²) in [6, 6.07) is 13.0. The Bertz CT molecular complexity index is 1430. The van der Waals surface area contributed by atoms with Crippen LogP contribution >= 0.6 is 23.2 Å². The second-order valence-electron chi connectivity index (χ2n) is 11.4. The van der Waals surface area contributed by atoms with Crippen molar-refractivity contribution in [3.8, 4) is 0 Å². The molecule has 1 aliphatic heterocycles. The average molecular weight is 590 g/mol. The van der Waals surface area contributed by atoms with E-state index in [1.54, 1.807) is 18.2 Å². The standard InChI is InChI=1S/C30H31Cl2F2N3O3/c1-29(2,3)14-23-30(35,20-12-11-18(31)13-22(20)33)24(19-5-4-6-21(32)25(19)34)26(37-23)27(38)36-15-16-7-9-17(10-8-16)28(39)40/h4-13,23-24,26,37H,14-15,35H2,1-3H3,(H,36,38)(H,39,40)/t23-,24-,26+,30+/m0/s1. The van der Waals surface area contributed by atoms with Crippen molar-refractivity contribution in [1.82, 2.24) is 10.6 Å². The minimum absolute atomic E-state index is 0.0818. The monoisotopic (exact) mass is 589 g/mol. The number of halogens is 4. The topological polar surface area (TPSA) is 104 Å². The summed E-state index contributed by atoms with van der Waals surface area (Å²) >= 11 is 12.2. The number of amides is 1. The van der Waals surface area contributed by atoms with Crippen molar-refractivity contribution >= 4 is 35.1 Å². The molecule has 6 nitrogen and oxygen atoms in total. The summed E-state index contributed by atoms with van der Waals surface area (Å²) in [6.07, 6.45) is 0.435. The van der Waals surface area contributed by atoms with Gasteiger partial charge in [-0.05, 0) is 53.3 Å². The number of rotatable bonds is 7. The number of carbonyl (C=O) groups excluding carboxylic acids is 1. The number of hydrogen-bond acceptors (Lipinski definition) is 4. The lowest BCUT2D eigenvalue weighted by Crippen LogP contribution is -2.52. The van der Waals surface area contributed by atoms with E-state index in [-0.39, 0.29) is 38.7 Å². The summed E-state index contributed by atoms with van der Waals surface area (Å²) in [5.41, 5.74) is 6.27. The maximum absolute atomic E-state index is 15.6. The molecule has 1 heterocycles. The van der Waals surface area contributed by atoms with Crippen molar-refractivity contribution in [1.29, 1.82) is 0 Å². The minimum atomic E-state index is -1.57. The molecule has 1 amide bonds. The van der Waals surface area contributed by atoms with Crippen molar-refractivity contribution in [3.63, 3.8) is 0 Å². The van der Waals surface area contributed by atoms with Gasteiger partial charge in [-0.2, -0.15) is 0 Å². The largest absolute Gasteiger partial charge is 0.478 e. The molecule has 0 unspecified atom stereocenters. The van der Waals surface area contributed by atoms with Crippen molar-refractivity contribution in [3.05, 3.63) is 105 Å². The molecular weight excluding hydrogens is 559 g/mol. The predicted octanol–water partition coefficient (Wildman–Crippen LogP) is 6.00. The Morgan fingerprint density at radius 2 is 1.75 bits per heavy atom. The van der Waals surface area contributed by atoms with Gasteiger partial charge in [0.15, 0.2) is 0 Å². The van der Waals surface area contributed by atoms with Gasteiger partial charge in [-0.1, -0.05) is 74.3 Å². The zero-order chi connectivity index (χ0) is 29.4. The summed E-state index contributed by atoms with van der Waals surface area (Å²) in [6.45, 7) is 6.07. The van der Waals surface area contributed by atoms with E-state index in [4.69, 9.17) is 34.0 Å². The van der Waals surface area contributed by atoms with Crippen LogP contribution < -0.4 is 16.4 Å². The Labute approximate surface area is 241 Å². The lowest BCUT2D eigenvalue weighted by atomic mass is 9.68. The molecule has 4 atom stereocenters. The van der Waals surface area contributed by atoms with E-state index in [0.29, 0.717) is 12.0 Å². The first-order valence-electron chi connectivity index (χ1n) is 12.8. The highest BCUT2D eigenvalue weighted by Crippen LogP contribution is 2.49. The molecule has 5 N–H and O–H groups in total. The van der Waals surface area contributed by atoms with Crippen molar-refractivity contribution in [2.75, 3.05) is 0 Å². The van der Waals surface area contributed by atoms with Gasteiger partial charge >= 0.3 is 5.97 Å². The van der Waals surface area contributed by atoms with E-state index >= 15 is 8.78 Å². The van der Waals surface area contributed by atoms with Crippen molar-refractivity contribution in [2.45, 2.75) is 57.3 Å². The van der Waals surface area contributed by atoms with Crippen LogP contribution in [0.3, 0.4) is 0 Å². The van der Waals surface area contributed by atoms with Crippen LogP contribution in [0.25, 0.3) is 0 Å². The second kappa shape index (κ2) is 11.4. The van der Waals surface area contributed by atoms with E-state index in [1.807, 2.05) is 20.8 Å². The molecule has 0 spiro atoms. The fourth-order valence-corrected chi connectivity index (χ4v) is 5.81. The molecule has 0 bridgehead atoms. The summed E-state index contributed by atoms with van der Waals surface area (Å²) in [5, 5.41) is 15.3. The van der Waals surface area contributed by atoms with Crippen LogP contribution in [0.5, 0.6) is 0 Å². The Morgan fingerprint density at radius 1 is 1.07 bits per heavy atom. The van der Waals surface area contributed by atoms with Crippen LogP contribution in [0.15, 0.2) is 60.7 Å². The number of hydrogen-bond donors (Lipinski definition) is 4. The van der Waals surface area contributed by atoms with E-state index in [9.17, 15) is 9.59 Å². The van der Waals surface area contributed by atoms with Gasteiger partial charge in [-0.25, -0.2) is 13.6 Å². The maximum atomic E-state index is 15.6. The van der Waals surface area contributed by atoms with Crippen molar-refractivity contribution in [2.24, 2.45) is 11.1 Å². The second-order valence-corrected chi connectivity index (χ2v) is 12.2. The molecule has 0 saturated carbocycles. The number of carbonyl (C=O) groups is 2. The average Bonchev–Trinajstić information content (AvgIpc) is 3.15. The van der Waals surface area contributed by atoms with Gasteiger partial charge in [0, 0.05) is 29.1 Å². The molecule has 1 saturated heterocycles. The van der Waals surface area contributed by atoms with Gasteiger partial charge in [-0.3, -0.25) is 4.79 Å². The van der Waals surface area contributed by atoms with Crippen LogP contribution in [0.1, 0.15) is 60.2 Å².